The molecule has 1 saturated heterocycles. The van der Waals surface area contributed by atoms with Gasteiger partial charge in [0, 0.05) is 64.3 Å². The average molecular weight is 590 g/mol. The highest BCUT2D eigenvalue weighted by atomic mass is 19.1. The summed E-state index contributed by atoms with van der Waals surface area (Å²) in [6, 6.07) is 22.7. The molecule has 2 aliphatic rings. The number of carbonyl (C=O) groups excluding carboxylic acids is 1. The van der Waals surface area contributed by atoms with Crippen molar-refractivity contribution in [2.24, 2.45) is 0 Å². The molecule has 44 heavy (non-hydrogen) atoms. The van der Waals surface area contributed by atoms with Crippen molar-refractivity contribution >= 4 is 22.5 Å². The molecular formula is C35H32FN5O3. The van der Waals surface area contributed by atoms with Crippen molar-refractivity contribution in [1.82, 2.24) is 19.4 Å². The van der Waals surface area contributed by atoms with Gasteiger partial charge < -0.3 is 24.0 Å². The number of hydrogen-bond donors (Lipinski definition) is 0. The molecule has 1 fully saturated rings. The van der Waals surface area contributed by atoms with Crippen LogP contribution in [0.1, 0.15) is 16.1 Å². The third-order valence-electron chi connectivity index (χ3n) is 8.53. The van der Waals surface area contributed by atoms with E-state index in [9.17, 15) is 9.59 Å². The summed E-state index contributed by atoms with van der Waals surface area (Å²) in [6.45, 7) is 3.17. The lowest BCUT2D eigenvalue weighted by molar-refractivity contribution is 0.0794. The van der Waals surface area contributed by atoms with Crippen molar-refractivity contribution in [2.75, 3.05) is 51.7 Å². The lowest BCUT2D eigenvalue weighted by atomic mass is 10.0. The molecule has 2 aromatic heterocycles. The Morgan fingerprint density at radius 1 is 0.977 bits per heavy atom. The van der Waals surface area contributed by atoms with Gasteiger partial charge in [-0.3, -0.25) is 14.6 Å². The fourth-order valence-corrected chi connectivity index (χ4v) is 6.03. The van der Waals surface area contributed by atoms with Crippen LogP contribution < -0.4 is 15.1 Å². The predicted molar refractivity (Wildman–Crippen MR) is 170 cm³/mol. The topological polar surface area (TPSA) is 70.9 Å². The molecule has 0 radical (unpaired) electrons. The Morgan fingerprint density at radius 3 is 2.50 bits per heavy atom. The molecule has 7 rings (SSSR count). The number of aromatic nitrogens is 2. The van der Waals surface area contributed by atoms with Crippen LogP contribution in [0.25, 0.3) is 27.7 Å². The minimum absolute atomic E-state index is 0.0308. The van der Waals surface area contributed by atoms with Crippen molar-refractivity contribution in [3.05, 3.63) is 112 Å². The molecule has 5 aromatic rings. The molecule has 0 unspecified atom stereocenters. The molecule has 0 aliphatic carbocycles. The van der Waals surface area contributed by atoms with E-state index >= 15 is 4.39 Å². The van der Waals surface area contributed by atoms with Crippen LogP contribution >= 0.6 is 0 Å². The summed E-state index contributed by atoms with van der Waals surface area (Å²) in [5.74, 6) is -0.166. The number of anilines is 1. The van der Waals surface area contributed by atoms with Gasteiger partial charge in [-0.2, -0.15) is 0 Å². The van der Waals surface area contributed by atoms with Crippen LogP contribution in [0.5, 0.6) is 11.5 Å². The van der Waals surface area contributed by atoms with Crippen molar-refractivity contribution in [1.29, 1.82) is 0 Å². The average Bonchev–Trinajstić information content (AvgIpc) is 3.05. The van der Waals surface area contributed by atoms with Gasteiger partial charge in [-0.1, -0.05) is 42.5 Å². The van der Waals surface area contributed by atoms with E-state index in [1.807, 2.05) is 83.2 Å². The molecule has 8 nitrogen and oxygen atoms in total. The normalized spacial score (nSPS) is 14.3. The smallest absolute Gasteiger partial charge is 0.259 e. The van der Waals surface area contributed by atoms with Crippen LogP contribution in [-0.4, -0.2) is 72.1 Å². The van der Waals surface area contributed by atoms with Gasteiger partial charge in [-0.15, -0.1) is 0 Å². The van der Waals surface area contributed by atoms with E-state index in [0.29, 0.717) is 54.4 Å². The fraction of sp³-hybridized carbons (Fsp3) is 0.229. The molecule has 1 amide bonds. The van der Waals surface area contributed by atoms with E-state index in [4.69, 9.17) is 4.74 Å². The van der Waals surface area contributed by atoms with Gasteiger partial charge in [-0.25, -0.2) is 4.39 Å². The van der Waals surface area contributed by atoms with E-state index in [-0.39, 0.29) is 10.9 Å². The number of pyridine rings is 2. The molecule has 4 heterocycles. The zero-order chi connectivity index (χ0) is 30.4. The van der Waals surface area contributed by atoms with Crippen LogP contribution in [0, 0.1) is 5.82 Å². The first-order valence-electron chi connectivity index (χ1n) is 14.8. The third kappa shape index (κ3) is 4.89. The number of likely N-dealkylation sites (N-methyl/N-ethyl adjacent to an activating group) is 2. The maximum atomic E-state index is 16.1. The summed E-state index contributed by atoms with van der Waals surface area (Å²) < 4.78 is 24.4. The first-order chi connectivity index (χ1) is 21.4. The van der Waals surface area contributed by atoms with Crippen LogP contribution in [0.2, 0.25) is 0 Å². The molecule has 2 aliphatic heterocycles. The van der Waals surface area contributed by atoms with E-state index < -0.39 is 17.2 Å². The van der Waals surface area contributed by atoms with Crippen LogP contribution in [0.15, 0.2) is 90.0 Å². The van der Waals surface area contributed by atoms with Crippen LogP contribution in [0.4, 0.5) is 10.1 Å². The predicted octanol–water partition coefficient (Wildman–Crippen LogP) is 5.36. The maximum absolute atomic E-state index is 16.1. The molecule has 0 N–H and O–H groups in total. The number of piperazine rings is 1. The highest BCUT2D eigenvalue weighted by Crippen LogP contribution is 2.47. The number of amides is 1. The van der Waals surface area contributed by atoms with Gasteiger partial charge in [0.1, 0.15) is 16.8 Å². The van der Waals surface area contributed by atoms with Crippen molar-refractivity contribution in [2.45, 2.75) is 6.42 Å². The van der Waals surface area contributed by atoms with Crippen molar-refractivity contribution in [3.63, 3.8) is 0 Å². The third-order valence-corrected chi connectivity index (χ3v) is 8.53. The lowest BCUT2D eigenvalue weighted by Gasteiger charge is -2.36. The van der Waals surface area contributed by atoms with Crippen LogP contribution in [-0.2, 0) is 6.42 Å². The summed E-state index contributed by atoms with van der Waals surface area (Å²) >= 11 is 0. The number of rotatable bonds is 6. The van der Waals surface area contributed by atoms with E-state index in [0.717, 1.165) is 29.9 Å². The van der Waals surface area contributed by atoms with Crippen LogP contribution in [0.3, 0.4) is 0 Å². The second-order valence-electron chi connectivity index (χ2n) is 11.4. The lowest BCUT2D eigenvalue weighted by Crippen LogP contribution is -2.45. The number of nitrogens with zero attached hydrogens (tertiary/aromatic N) is 5. The van der Waals surface area contributed by atoms with Crippen molar-refractivity contribution in [3.8, 4) is 28.3 Å². The van der Waals surface area contributed by atoms with Gasteiger partial charge >= 0.3 is 0 Å². The summed E-state index contributed by atoms with van der Waals surface area (Å²) in [5, 5.41) is 0.107. The van der Waals surface area contributed by atoms with Gasteiger partial charge in [0.15, 0.2) is 17.3 Å². The van der Waals surface area contributed by atoms with Gasteiger partial charge in [0.25, 0.3) is 5.91 Å². The zero-order valence-corrected chi connectivity index (χ0v) is 24.7. The van der Waals surface area contributed by atoms with Gasteiger partial charge in [0.05, 0.1) is 11.1 Å². The second kappa shape index (κ2) is 11.2. The molecule has 0 saturated carbocycles. The van der Waals surface area contributed by atoms with E-state index in [2.05, 4.69) is 9.88 Å². The Balaban J connectivity index is 1.39. The van der Waals surface area contributed by atoms with Gasteiger partial charge in [-0.05, 0) is 48.5 Å². The SMILES string of the molecule is CN1CCN(c2c(F)cc3c(=O)c(C(=O)N(C)CCc4ccccn4)cn4c3c2Oc2ccc(-c3ccccc3)cc2-4)CC1. The number of benzene rings is 3. The maximum Gasteiger partial charge on any atom is 0.259 e. The quantitative estimate of drug-likeness (QED) is 0.261. The summed E-state index contributed by atoms with van der Waals surface area (Å²) in [5.41, 5.74) is 3.72. The first kappa shape index (κ1) is 27.8. The first-order valence-corrected chi connectivity index (χ1v) is 14.8. The number of carbonyl (C=O) groups is 1. The zero-order valence-electron chi connectivity index (χ0n) is 24.7. The summed E-state index contributed by atoms with van der Waals surface area (Å²) in [4.78, 5) is 37.8. The minimum atomic E-state index is -0.543. The number of ether oxygens (including phenoxy) is 1. The summed E-state index contributed by atoms with van der Waals surface area (Å²) in [7, 11) is 3.71. The van der Waals surface area contributed by atoms with E-state index in [1.54, 1.807) is 19.4 Å². The number of fused-ring (bicyclic) bond motifs is 2. The molecular weight excluding hydrogens is 557 g/mol. The highest BCUT2D eigenvalue weighted by Gasteiger charge is 2.32. The highest BCUT2D eigenvalue weighted by molar-refractivity contribution is 6.01. The van der Waals surface area contributed by atoms with E-state index in [1.165, 1.54) is 11.0 Å². The Morgan fingerprint density at radius 2 is 1.75 bits per heavy atom. The Bertz CT molecular complexity index is 1940. The minimum Gasteiger partial charge on any atom is -0.451 e. The van der Waals surface area contributed by atoms with Gasteiger partial charge in [0.2, 0.25) is 5.43 Å². The van der Waals surface area contributed by atoms with Crippen molar-refractivity contribution < 1.29 is 13.9 Å². The Labute approximate surface area is 254 Å². The monoisotopic (exact) mass is 589 g/mol. The molecule has 0 atom stereocenters. The molecule has 222 valence electrons. The molecule has 0 bridgehead atoms. The number of hydrogen-bond acceptors (Lipinski definition) is 6. The molecule has 3 aromatic carbocycles. The summed E-state index contributed by atoms with van der Waals surface area (Å²) in [6.07, 6.45) is 3.84. The fourth-order valence-electron chi connectivity index (χ4n) is 6.03. The molecule has 9 heteroatoms. The standard InChI is InChI=1S/C35H32FN5O3/c1-38-16-18-40(19-17-38)32-28(36)21-26-31-34(32)44-30-12-11-24(23-8-4-3-5-9-23)20-29(30)41(31)22-27(33(26)42)35(43)39(2)15-13-25-10-6-7-14-37-25/h3-12,14,20-22H,13,15-19H2,1-2H3. The number of halogens is 1. The molecule has 0 spiro atoms. The Hall–Kier alpha value is -5.02. The Kier molecular flexibility index (Phi) is 7.10. The second-order valence-corrected chi connectivity index (χ2v) is 11.4. The largest absolute Gasteiger partial charge is 0.451 e.